The van der Waals surface area contributed by atoms with E-state index < -0.39 is 0 Å². The van der Waals surface area contributed by atoms with Crippen LogP contribution in [0.5, 0.6) is 0 Å². The number of nitrogens with zero attached hydrogens (tertiary/aromatic N) is 4. The molecule has 4 heterocycles. The molecule has 7 nitrogen and oxygen atoms in total. The van der Waals surface area contributed by atoms with E-state index in [-0.39, 0.29) is 11.9 Å². The summed E-state index contributed by atoms with van der Waals surface area (Å²) in [4.78, 5) is 29.5. The molecule has 0 N–H and O–H groups in total. The van der Waals surface area contributed by atoms with Crippen LogP contribution in [0, 0.1) is 5.92 Å². The summed E-state index contributed by atoms with van der Waals surface area (Å²) in [5, 5.41) is 1.27. The monoisotopic (exact) mass is 430 g/mol. The molecule has 2 aromatic rings. The third-order valence-corrected chi connectivity index (χ3v) is 7.83. The molecule has 0 bridgehead atoms. The molecule has 162 valence electrons. The van der Waals surface area contributed by atoms with Crippen molar-refractivity contribution in [1.29, 1.82) is 0 Å². The van der Waals surface area contributed by atoms with Crippen molar-refractivity contribution >= 4 is 33.3 Å². The highest BCUT2D eigenvalue weighted by Gasteiger charge is 2.30. The largest absolute Gasteiger partial charge is 0.469 e. The maximum atomic E-state index is 12.0. The number of thiophene rings is 1. The number of piperidine rings is 1. The number of carbonyl (C=O) groups is 1. The lowest BCUT2D eigenvalue weighted by atomic mass is 9.95. The van der Waals surface area contributed by atoms with E-state index in [0.29, 0.717) is 0 Å². The molecule has 0 amide bonds. The van der Waals surface area contributed by atoms with Crippen molar-refractivity contribution in [3.8, 4) is 0 Å². The number of hydrogen-bond donors (Lipinski definition) is 0. The molecular weight excluding hydrogens is 400 g/mol. The molecule has 8 heteroatoms. The molecule has 0 saturated carbocycles. The second-order valence-electron chi connectivity index (χ2n) is 8.53. The van der Waals surface area contributed by atoms with Crippen molar-refractivity contribution in [3.63, 3.8) is 0 Å². The van der Waals surface area contributed by atoms with Crippen LogP contribution in [0.3, 0.4) is 0 Å². The molecule has 0 atom stereocenters. The van der Waals surface area contributed by atoms with Crippen LogP contribution in [-0.2, 0) is 33.7 Å². The number of aromatic nitrogens is 2. The molecular formula is C22H30N4O3S. The normalized spacial score (nSPS) is 21.0. The molecule has 0 aromatic carbocycles. The molecule has 2 aromatic heterocycles. The predicted octanol–water partition coefficient (Wildman–Crippen LogP) is 2.79. The van der Waals surface area contributed by atoms with Crippen LogP contribution < -0.4 is 4.90 Å². The topological polar surface area (TPSA) is 67.8 Å². The summed E-state index contributed by atoms with van der Waals surface area (Å²) in [6.45, 7) is 5.88. The number of ether oxygens (including phenoxy) is 2. The van der Waals surface area contributed by atoms with Crippen molar-refractivity contribution in [3.05, 3.63) is 16.3 Å². The number of carbonyl (C=O) groups excluding carboxylic acids is 1. The maximum Gasteiger partial charge on any atom is 0.308 e. The highest BCUT2D eigenvalue weighted by atomic mass is 32.1. The van der Waals surface area contributed by atoms with Gasteiger partial charge in [-0.2, -0.15) is 0 Å². The van der Waals surface area contributed by atoms with Gasteiger partial charge in [0.15, 0.2) is 0 Å². The van der Waals surface area contributed by atoms with E-state index in [4.69, 9.17) is 19.4 Å². The Bertz CT molecular complexity index is 917. The summed E-state index contributed by atoms with van der Waals surface area (Å²) in [6.07, 6.45) is 6.46. The number of aryl methyl sites for hydroxylation is 2. The molecule has 0 unspecified atom stereocenters. The van der Waals surface area contributed by atoms with Gasteiger partial charge in [-0.1, -0.05) is 0 Å². The van der Waals surface area contributed by atoms with Gasteiger partial charge in [-0.05, 0) is 44.1 Å². The van der Waals surface area contributed by atoms with Gasteiger partial charge >= 0.3 is 5.97 Å². The Kier molecular flexibility index (Phi) is 5.89. The second-order valence-corrected chi connectivity index (χ2v) is 9.61. The van der Waals surface area contributed by atoms with E-state index >= 15 is 0 Å². The van der Waals surface area contributed by atoms with E-state index in [0.717, 1.165) is 81.7 Å². The molecule has 5 rings (SSSR count). The number of morpholine rings is 1. The Balaban J connectivity index is 1.48. The minimum Gasteiger partial charge on any atom is -0.469 e. The lowest BCUT2D eigenvalue weighted by Crippen LogP contribution is -2.38. The first-order chi connectivity index (χ1) is 14.7. The van der Waals surface area contributed by atoms with Gasteiger partial charge in [0.2, 0.25) is 0 Å². The summed E-state index contributed by atoms with van der Waals surface area (Å²) >= 11 is 1.87. The summed E-state index contributed by atoms with van der Waals surface area (Å²) in [7, 11) is 1.48. The fourth-order valence-electron chi connectivity index (χ4n) is 4.93. The van der Waals surface area contributed by atoms with Gasteiger partial charge in [-0.3, -0.25) is 9.69 Å². The summed E-state index contributed by atoms with van der Waals surface area (Å²) < 4.78 is 10.5. The fourth-order valence-corrected chi connectivity index (χ4v) is 6.21. The summed E-state index contributed by atoms with van der Waals surface area (Å²) in [6, 6.07) is 0. The predicted molar refractivity (Wildman–Crippen MR) is 117 cm³/mol. The van der Waals surface area contributed by atoms with Crippen LogP contribution in [0.25, 0.3) is 10.2 Å². The zero-order valence-corrected chi connectivity index (χ0v) is 18.5. The second kappa shape index (κ2) is 8.77. The van der Waals surface area contributed by atoms with Gasteiger partial charge in [0, 0.05) is 31.1 Å². The number of anilines is 1. The highest BCUT2D eigenvalue weighted by Crippen LogP contribution is 2.40. The smallest absolute Gasteiger partial charge is 0.308 e. The summed E-state index contributed by atoms with van der Waals surface area (Å²) in [5.41, 5.74) is 1.48. The third kappa shape index (κ3) is 3.92. The van der Waals surface area contributed by atoms with Gasteiger partial charge < -0.3 is 14.4 Å². The first-order valence-electron chi connectivity index (χ1n) is 11.2. The average molecular weight is 431 g/mol. The lowest BCUT2D eigenvalue weighted by Gasteiger charge is -2.32. The van der Waals surface area contributed by atoms with Gasteiger partial charge in [0.05, 0.1) is 38.2 Å². The number of esters is 1. The quantitative estimate of drug-likeness (QED) is 0.691. The number of fused-ring (bicyclic) bond motifs is 3. The SMILES string of the molecule is COC(=O)C1CCN(c2nc(CN3CCOCC3)nc3sc4c(c23)CCCC4)CC1. The van der Waals surface area contributed by atoms with Crippen LogP contribution in [0.2, 0.25) is 0 Å². The fraction of sp³-hybridized carbons (Fsp3) is 0.682. The lowest BCUT2D eigenvalue weighted by molar-refractivity contribution is -0.146. The van der Waals surface area contributed by atoms with Gasteiger partial charge in [0.25, 0.3) is 0 Å². The van der Waals surface area contributed by atoms with Crippen molar-refractivity contribution in [1.82, 2.24) is 14.9 Å². The van der Waals surface area contributed by atoms with Crippen LogP contribution in [-0.4, -0.2) is 67.3 Å². The highest BCUT2D eigenvalue weighted by molar-refractivity contribution is 7.19. The molecule has 0 spiro atoms. The molecule has 2 saturated heterocycles. The third-order valence-electron chi connectivity index (χ3n) is 6.64. The van der Waals surface area contributed by atoms with Crippen LogP contribution in [0.4, 0.5) is 5.82 Å². The number of hydrogen-bond acceptors (Lipinski definition) is 8. The Morgan fingerprint density at radius 3 is 2.67 bits per heavy atom. The van der Waals surface area contributed by atoms with E-state index in [9.17, 15) is 4.79 Å². The Morgan fingerprint density at radius 1 is 1.13 bits per heavy atom. The Labute approximate surface area is 181 Å². The van der Waals surface area contributed by atoms with Crippen molar-refractivity contribution < 1.29 is 14.3 Å². The van der Waals surface area contributed by atoms with Crippen molar-refractivity contribution in [2.45, 2.75) is 45.1 Å². The zero-order valence-electron chi connectivity index (χ0n) is 17.7. The molecule has 2 aliphatic heterocycles. The van der Waals surface area contributed by atoms with Crippen LogP contribution in [0.1, 0.15) is 41.9 Å². The number of methoxy groups -OCH3 is 1. The van der Waals surface area contributed by atoms with E-state index in [2.05, 4.69) is 9.80 Å². The van der Waals surface area contributed by atoms with Crippen molar-refractivity contribution in [2.75, 3.05) is 51.4 Å². The van der Waals surface area contributed by atoms with Gasteiger partial charge in [-0.25, -0.2) is 9.97 Å². The van der Waals surface area contributed by atoms with Crippen LogP contribution >= 0.6 is 11.3 Å². The standard InChI is InChI=1S/C22H30N4O3S/c1-28-22(27)15-6-8-26(9-7-15)20-19-16-4-2-3-5-17(16)30-21(19)24-18(23-20)14-25-10-12-29-13-11-25/h15H,2-14H2,1H3. The van der Waals surface area contributed by atoms with Gasteiger partial charge in [-0.15, -0.1) is 11.3 Å². The Morgan fingerprint density at radius 2 is 1.90 bits per heavy atom. The van der Waals surface area contributed by atoms with E-state index in [1.54, 1.807) is 0 Å². The maximum absolute atomic E-state index is 12.0. The van der Waals surface area contributed by atoms with E-state index in [1.165, 1.54) is 42.2 Å². The van der Waals surface area contributed by atoms with Crippen LogP contribution in [0.15, 0.2) is 0 Å². The first-order valence-corrected chi connectivity index (χ1v) is 12.0. The van der Waals surface area contributed by atoms with E-state index in [1.807, 2.05) is 11.3 Å². The first kappa shape index (κ1) is 20.2. The molecule has 30 heavy (non-hydrogen) atoms. The van der Waals surface area contributed by atoms with Gasteiger partial charge in [0.1, 0.15) is 16.5 Å². The minimum absolute atomic E-state index is 0.00721. The zero-order chi connectivity index (χ0) is 20.5. The Hall–Kier alpha value is -1.77. The average Bonchev–Trinajstić information content (AvgIpc) is 3.17. The summed E-state index contributed by atoms with van der Waals surface area (Å²) in [5.74, 6) is 1.93. The minimum atomic E-state index is -0.0802. The molecule has 3 aliphatic rings. The van der Waals surface area contributed by atoms with Crippen molar-refractivity contribution in [2.24, 2.45) is 5.92 Å². The molecule has 1 aliphatic carbocycles. The molecule has 0 radical (unpaired) electrons. The molecule has 2 fully saturated rings. The number of rotatable bonds is 4.